The van der Waals surface area contributed by atoms with Crippen molar-refractivity contribution in [2.24, 2.45) is 0 Å². The minimum absolute atomic E-state index is 0.295. The average molecular weight is 286 g/mol. The van der Waals surface area contributed by atoms with Gasteiger partial charge in [0.25, 0.3) is 0 Å². The Morgan fingerprint density at radius 1 is 1.37 bits per heavy atom. The van der Waals surface area contributed by atoms with Crippen LogP contribution < -0.4 is 5.32 Å². The van der Waals surface area contributed by atoms with E-state index in [2.05, 4.69) is 44.1 Å². The molecule has 0 radical (unpaired) electrons. The summed E-state index contributed by atoms with van der Waals surface area (Å²) in [5, 5.41) is 3.91. The second-order valence-corrected chi connectivity index (χ2v) is 12.2. The summed E-state index contributed by atoms with van der Waals surface area (Å²) in [6.45, 7) is 17.4. The molecule has 19 heavy (non-hydrogen) atoms. The third-order valence-corrected chi connectivity index (χ3v) is 9.40. The van der Waals surface area contributed by atoms with Gasteiger partial charge < -0.3 is 14.5 Å². The number of ether oxygens (including phenoxy) is 1. The lowest BCUT2D eigenvalue weighted by Gasteiger charge is -2.44. The van der Waals surface area contributed by atoms with Crippen LogP contribution in [0, 0.1) is 0 Å². The van der Waals surface area contributed by atoms with Crippen LogP contribution in [0.25, 0.3) is 0 Å². The number of fused-ring (bicyclic) bond motifs is 1. The van der Waals surface area contributed by atoms with Gasteiger partial charge in [-0.3, -0.25) is 4.90 Å². The smallest absolute Gasteiger partial charge is 0.192 e. The molecule has 2 atom stereocenters. The van der Waals surface area contributed by atoms with Gasteiger partial charge in [0.05, 0.1) is 19.8 Å². The first-order chi connectivity index (χ1) is 8.79. The fourth-order valence-corrected chi connectivity index (χ4v) is 3.46. The van der Waals surface area contributed by atoms with E-state index in [0.29, 0.717) is 17.1 Å². The second-order valence-electron chi connectivity index (χ2n) is 7.40. The minimum Gasteiger partial charge on any atom is -0.415 e. The Labute approximate surface area is 119 Å². The lowest BCUT2D eigenvalue weighted by molar-refractivity contribution is -0.0301. The summed E-state index contributed by atoms with van der Waals surface area (Å²) in [5.41, 5.74) is 0. The van der Waals surface area contributed by atoms with Crippen LogP contribution >= 0.6 is 0 Å². The van der Waals surface area contributed by atoms with Crippen LogP contribution in [0.1, 0.15) is 20.8 Å². The molecule has 2 saturated heterocycles. The quantitative estimate of drug-likeness (QED) is 0.801. The lowest BCUT2D eigenvalue weighted by Crippen LogP contribution is -2.62. The van der Waals surface area contributed by atoms with Crippen LogP contribution in [-0.2, 0) is 9.16 Å². The van der Waals surface area contributed by atoms with E-state index >= 15 is 0 Å². The van der Waals surface area contributed by atoms with Crippen molar-refractivity contribution in [2.45, 2.75) is 51.0 Å². The third-order valence-electron chi connectivity index (χ3n) is 4.90. The number of morpholine rings is 1. The highest BCUT2D eigenvalue weighted by molar-refractivity contribution is 6.74. The molecule has 4 nitrogen and oxygen atoms in total. The molecule has 5 heteroatoms. The number of nitrogens with one attached hydrogen (secondary N) is 1. The third kappa shape index (κ3) is 3.79. The molecular weight excluding hydrogens is 256 g/mol. The van der Waals surface area contributed by atoms with Crippen molar-refractivity contribution in [1.29, 1.82) is 0 Å². The molecule has 0 spiro atoms. The van der Waals surface area contributed by atoms with Gasteiger partial charge in [-0.2, -0.15) is 0 Å². The fourth-order valence-electron chi connectivity index (χ4n) is 2.40. The van der Waals surface area contributed by atoms with E-state index in [4.69, 9.17) is 9.16 Å². The molecule has 1 N–H and O–H groups in total. The van der Waals surface area contributed by atoms with Gasteiger partial charge in [-0.25, -0.2) is 0 Å². The number of hydrogen-bond donors (Lipinski definition) is 1. The number of nitrogens with zero attached hydrogens (tertiary/aromatic N) is 1. The van der Waals surface area contributed by atoms with Crippen molar-refractivity contribution in [2.75, 3.05) is 39.5 Å². The zero-order valence-electron chi connectivity index (χ0n) is 13.2. The highest BCUT2D eigenvalue weighted by atomic mass is 28.4. The number of piperazine rings is 1. The molecule has 0 amide bonds. The Morgan fingerprint density at radius 2 is 2.11 bits per heavy atom. The van der Waals surface area contributed by atoms with Gasteiger partial charge in [0.1, 0.15) is 0 Å². The summed E-state index contributed by atoms with van der Waals surface area (Å²) in [4.78, 5) is 2.56. The normalized spacial score (nSPS) is 30.2. The molecule has 0 aliphatic carbocycles. The Morgan fingerprint density at radius 3 is 2.79 bits per heavy atom. The monoisotopic (exact) mass is 286 g/mol. The SMILES string of the molecule is CC(C)(C)[Si](C)(C)OCC1CN2CCOCC2CN1. The van der Waals surface area contributed by atoms with Gasteiger partial charge >= 0.3 is 0 Å². The van der Waals surface area contributed by atoms with E-state index in [9.17, 15) is 0 Å². The Hall–Kier alpha value is 0.0569. The summed E-state index contributed by atoms with van der Waals surface area (Å²) in [7, 11) is -1.62. The van der Waals surface area contributed by atoms with Crippen LogP contribution in [0.5, 0.6) is 0 Å². The highest BCUT2D eigenvalue weighted by Crippen LogP contribution is 2.36. The summed E-state index contributed by atoms with van der Waals surface area (Å²) < 4.78 is 11.9. The van der Waals surface area contributed by atoms with Crippen LogP contribution in [0.2, 0.25) is 18.1 Å². The van der Waals surface area contributed by atoms with Gasteiger partial charge in [-0.15, -0.1) is 0 Å². The Balaban J connectivity index is 1.81. The van der Waals surface area contributed by atoms with E-state index in [-0.39, 0.29) is 0 Å². The maximum Gasteiger partial charge on any atom is 0.192 e. The molecule has 0 aromatic rings. The zero-order chi connectivity index (χ0) is 14.1. The van der Waals surface area contributed by atoms with Gasteiger partial charge in [0, 0.05) is 31.7 Å². The predicted octanol–water partition coefficient (Wildman–Crippen LogP) is 1.68. The molecule has 0 saturated carbocycles. The molecule has 2 unspecified atom stereocenters. The van der Waals surface area contributed by atoms with Crippen molar-refractivity contribution in [3.63, 3.8) is 0 Å². The fraction of sp³-hybridized carbons (Fsp3) is 1.00. The van der Waals surface area contributed by atoms with Crippen molar-refractivity contribution >= 4 is 8.32 Å². The zero-order valence-corrected chi connectivity index (χ0v) is 14.2. The molecule has 0 bridgehead atoms. The summed E-state index contributed by atoms with van der Waals surface area (Å²) in [5.74, 6) is 0. The molecule has 2 rings (SSSR count). The molecular formula is C14H30N2O2Si. The van der Waals surface area contributed by atoms with Gasteiger partial charge in [0.15, 0.2) is 8.32 Å². The number of rotatable bonds is 3. The van der Waals surface area contributed by atoms with Crippen LogP contribution in [0.3, 0.4) is 0 Å². The van der Waals surface area contributed by atoms with E-state index in [1.54, 1.807) is 0 Å². The predicted molar refractivity (Wildman–Crippen MR) is 81.1 cm³/mol. The first-order valence-corrected chi connectivity index (χ1v) is 10.4. The first-order valence-electron chi connectivity index (χ1n) is 7.49. The van der Waals surface area contributed by atoms with E-state index in [0.717, 1.165) is 39.5 Å². The van der Waals surface area contributed by atoms with Crippen LogP contribution in [-0.4, -0.2) is 64.8 Å². The lowest BCUT2D eigenvalue weighted by atomic mass is 10.1. The van der Waals surface area contributed by atoms with E-state index in [1.807, 2.05) is 0 Å². The molecule has 2 fully saturated rings. The van der Waals surface area contributed by atoms with E-state index in [1.165, 1.54) is 0 Å². The maximum atomic E-state index is 6.33. The van der Waals surface area contributed by atoms with Crippen LogP contribution in [0.15, 0.2) is 0 Å². The van der Waals surface area contributed by atoms with Gasteiger partial charge in [0.2, 0.25) is 0 Å². The van der Waals surface area contributed by atoms with E-state index < -0.39 is 8.32 Å². The summed E-state index contributed by atoms with van der Waals surface area (Å²) >= 11 is 0. The summed E-state index contributed by atoms with van der Waals surface area (Å²) in [6, 6.07) is 1.04. The molecule has 2 aliphatic heterocycles. The molecule has 112 valence electrons. The highest BCUT2D eigenvalue weighted by Gasteiger charge is 2.38. The topological polar surface area (TPSA) is 33.7 Å². The summed E-state index contributed by atoms with van der Waals surface area (Å²) in [6.07, 6.45) is 0. The average Bonchev–Trinajstić information content (AvgIpc) is 2.35. The van der Waals surface area contributed by atoms with Crippen molar-refractivity contribution < 1.29 is 9.16 Å². The van der Waals surface area contributed by atoms with Gasteiger partial charge in [-0.05, 0) is 18.1 Å². The minimum atomic E-state index is -1.62. The van der Waals surface area contributed by atoms with Crippen molar-refractivity contribution in [3.8, 4) is 0 Å². The largest absolute Gasteiger partial charge is 0.415 e. The van der Waals surface area contributed by atoms with Crippen molar-refractivity contribution in [3.05, 3.63) is 0 Å². The Kier molecular flexibility index (Phi) is 4.73. The molecule has 0 aromatic heterocycles. The molecule has 2 heterocycles. The Bertz CT molecular complexity index is 304. The van der Waals surface area contributed by atoms with Gasteiger partial charge in [-0.1, -0.05) is 20.8 Å². The molecule has 0 aromatic carbocycles. The standard InChI is InChI=1S/C14H30N2O2Si/c1-14(2,3)19(4,5)18-10-12-9-16-6-7-17-11-13(16)8-15-12/h12-13,15H,6-11H2,1-5H3. The first kappa shape index (κ1) is 15.4. The maximum absolute atomic E-state index is 6.33. The number of hydrogen-bond acceptors (Lipinski definition) is 4. The molecule has 2 aliphatic rings. The van der Waals surface area contributed by atoms with Crippen LogP contribution in [0.4, 0.5) is 0 Å². The van der Waals surface area contributed by atoms with Crippen molar-refractivity contribution in [1.82, 2.24) is 10.2 Å². The second kappa shape index (κ2) is 5.82.